The van der Waals surface area contributed by atoms with Crippen molar-refractivity contribution in [1.82, 2.24) is 15.1 Å². The van der Waals surface area contributed by atoms with E-state index in [2.05, 4.69) is 15.5 Å². The summed E-state index contributed by atoms with van der Waals surface area (Å²) in [5.74, 6) is 1.94. The molecule has 3 aromatic rings. The van der Waals surface area contributed by atoms with Gasteiger partial charge in [-0.05, 0) is 48.5 Å². The third kappa shape index (κ3) is 5.56. The van der Waals surface area contributed by atoms with E-state index < -0.39 is 17.8 Å². The van der Waals surface area contributed by atoms with E-state index in [0.717, 1.165) is 23.8 Å². The van der Waals surface area contributed by atoms with Crippen LogP contribution in [0.4, 0.5) is 29.5 Å². The molecule has 1 saturated heterocycles. The number of rotatable bonds is 5. The minimum Gasteiger partial charge on any atom is -0.497 e. The van der Waals surface area contributed by atoms with E-state index in [1.165, 1.54) is 4.90 Å². The summed E-state index contributed by atoms with van der Waals surface area (Å²) >= 11 is 5.99. The second kappa shape index (κ2) is 10.5. The highest BCUT2D eigenvalue weighted by Gasteiger charge is 2.31. The molecule has 2 aromatic carbocycles. The number of alkyl halides is 3. The Balaban J connectivity index is 1.39. The highest BCUT2D eigenvalue weighted by atomic mass is 35.5. The van der Waals surface area contributed by atoms with Crippen LogP contribution in [-0.4, -0.2) is 61.5 Å². The summed E-state index contributed by atoms with van der Waals surface area (Å²) < 4.78 is 49.7. The first-order chi connectivity index (χ1) is 17.2. The molecular formula is C24H23ClF3N5O3. The first-order valence-electron chi connectivity index (χ1n) is 10.9. The summed E-state index contributed by atoms with van der Waals surface area (Å²) in [4.78, 5) is 16.1. The molecule has 0 radical (unpaired) electrons. The van der Waals surface area contributed by atoms with Gasteiger partial charge in [0.15, 0.2) is 5.82 Å². The number of nitrogens with one attached hydrogen (secondary N) is 1. The van der Waals surface area contributed by atoms with E-state index in [4.69, 9.17) is 21.1 Å². The lowest BCUT2D eigenvalue weighted by atomic mass is 10.1. The van der Waals surface area contributed by atoms with Crippen LogP contribution in [0.1, 0.15) is 5.56 Å². The third-order valence-corrected chi connectivity index (χ3v) is 6.09. The molecule has 1 aliphatic heterocycles. The molecule has 36 heavy (non-hydrogen) atoms. The van der Waals surface area contributed by atoms with Crippen molar-refractivity contribution >= 4 is 29.1 Å². The van der Waals surface area contributed by atoms with E-state index in [1.54, 1.807) is 26.4 Å². The van der Waals surface area contributed by atoms with Crippen molar-refractivity contribution in [3.05, 3.63) is 59.1 Å². The number of halogens is 4. The molecule has 0 saturated carbocycles. The monoisotopic (exact) mass is 521 g/mol. The fourth-order valence-electron chi connectivity index (χ4n) is 3.78. The van der Waals surface area contributed by atoms with Gasteiger partial charge in [-0.25, -0.2) is 4.79 Å². The number of carbonyl (C=O) groups is 1. The second-order valence-electron chi connectivity index (χ2n) is 7.94. The molecule has 2 amide bonds. The standard InChI is InChI=1S/C24H23ClF3N5O3/c1-35-16-4-7-21(36-2)17(14-16)19-6-8-22(31-30-19)32-9-11-33(12-10-32)23(34)29-20-13-15(24(26,27)28)3-5-18(20)25/h3-8,13-14H,9-12H2,1-2H3,(H,29,34). The number of aromatic nitrogens is 2. The van der Waals surface area contributed by atoms with Gasteiger partial charge in [-0.15, -0.1) is 10.2 Å². The van der Waals surface area contributed by atoms with Gasteiger partial charge < -0.3 is 24.6 Å². The zero-order valence-corrected chi connectivity index (χ0v) is 20.2. The van der Waals surface area contributed by atoms with E-state index in [-0.39, 0.29) is 10.7 Å². The molecule has 190 valence electrons. The molecule has 8 nitrogen and oxygen atoms in total. The predicted molar refractivity (Wildman–Crippen MR) is 130 cm³/mol. The fraction of sp³-hybridized carbons (Fsp3) is 0.292. The average molecular weight is 522 g/mol. The fourth-order valence-corrected chi connectivity index (χ4v) is 3.95. The highest BCUT2D eigenvalue weighted by Crippen LogP contribution is 2.34. The molecule has 1 fully saturated rings. The number of piperazine rings is 1. The Kier molecular flexibility index (Phi) is 7.39. The Hall–Kier alpha value is -3.73. The van der Waals surface area contributed by atoms with Crippen LogP contribution in [-0.2, 0) is 6.18 Å². The lowest BCUT2D eigenvalue weighted by Gasteiger charge is -2.35. The Morgan fingerprint density at radius 2 is 1.72 bits per heavy atom. The number of carbonyl (C=O) groups excluding carboxylic acids is 1. The van der Waals surface area contributed by atoms with Crippen molar-refractivity contribution in [2.24, 2.45) is 0 Å². The zero-order chi connectivity index (χ0) is 25.9. The van der Waals surface area contributed by atoms with E-state index in [1.807, 2.05) is 23.1 Å². The van der Waals surface area contributed by atoms with Crippen LogP contribution in [0.15, 0.2) is 48.5 Å². The number of hydrogen-bond donors (Lipinski definition) is 1. The molecule has 12 heteroatoms. The SMILES string of the molecule is COc1ccc(OC)c(-c2ccc(N3CCN(C(=O)Nc4cc(C(F)(F)F)ccc4Cl)CC3)nn2)c1. The molecule has 0 unspecified atom stereocenters. The molecule has 1 aromatic heterocycles. The van der Waals surface area contributed by atoms with Gasteiger partial charge in [0.2, 0.25) is 0 Å². The second-order valence-corrected chi connectivity index (χ2v) is 8.35. The molecule has 0 aliphatic carbocycles. The van der Waals surface area contributed by atoms with Crippen LogP contribution >= 0.6 is 11.6 Å². The molecule has 2 heterocycles. The van der Waals surface area contributed by atoms with Gasteiger partial charge in [-0.3, -0.25) is 0 Å². The third-order valence-electron chi connectivity index (χ3n) is 5.76. The summed E-state index contributed by atoms with van der Waals surface area (Å²) in [6.45, 7) is 1.63. The smallest absolute Gasteiger partial charge is 0.416 e. The Morgan fingerprint density at radius 1 is 0.972 bits per heavy atom. The number of benzene rings is 2. The summed E-state index contributed by atoms with van der Waals surface area (Å²) in [5, 5.41) is 11.2. The number of hydrogen-bond acceptors (Lipinski definition) is 6. The number of anilines is 2. The molecule has 0 bridgehead atoms. The summed E-state index contributed by atoms with van der Waals surface area (Å²) in [6, 6.07) is 11.3. The lowest BCUT2D eigenvalue weighted by molar-refractivity contribution is -0.137. The summed E-state index contributed by atoms with van der Waals surface area (Å²) in [6.07, 6.45) is -4.54. The van der Waals surface area contributed by atoms with Crippen molar-refractivity contribution in [2.45, 2.75) is 6.18 Å². The topological polar surface area (TPSA) is 79.8 Å². The van der Waals surface area contributed by atoms with Crippen molar-refractivity contribution < 1.29 is 27.4 Å². The number of ether oxygens (including phenoxy) is 2. The molecular weight excluding hydrogens is 499 g/mol. The first-order valence-corrected chi connectivity index (χ1v) is 11.3. The Bertz CT molecular complexity index is 1230. The van der Waals surface area contributed by atoms with Crippen molar-refractivity contribution in [3.63, 3.8) is 0 Å². The van der Waals surface area contributed by atoms with E-state index in [9.17, 15) is 18.0 Å². The first kappa shape index (κ1) is 25.4. The minimum absolute atomic E-state index is 0.0259. The Morgan fingerprint density at radius 3 is 2.33 bits per heavy atom. The van der Waals surface area contributed by atoms with Crippen LogP contribution in [0.25, 0.3) is 11.3 Å². The van der Waals surface area contributed by atoms with Gasteiger partial charge in [0.25, 0.3) is 0 Å². The maximum absolute atomic E-state index is 13.0. The predicted octanol–water partition coefficient (Wildman–Crippen LogP) is 5.19. The van der Waals surface area contributed by atoms with Gasteiger partial charge in [0.05, 0.1) is 36.2 Å². The van der Waals surface area contributed by atoms with E-state index >= 15 is 0 Å². The highest BCUT2D eigenvalue weighted by molar-refractivity contribution is 6.33. The molecule has 0 spiro atoms. The maximum atomic E-state index is 13.0. The summed E-state index contributed by atoms with van der Waals surface area (Å²) in [7, 11) is 3.15. The lowest BCUT2D eigenvalue weighted by Crippen LogP contribution is -2.50. The molecule has 0 atom stereocenters. The van der Waals surface area contributed by atoms with Crippen LogP contribution in [0, 0.1) is 0 Å². The number of nitrogens with zero attached hydrogens (tertiary/aromatic N) is 4. The van der Waals surface area contributed by atoms with Gasteiger partial charge >= 0.3 is 12.2 Å². The largest absolute Gasteiger partial charge is 0.497 e. The zero-order valence-electron chi connectivity index (χ0n) is 19.5. The maximum Gasteiger partial charge on any atom is 0.416 e. The number of urea groups is 1. The van der Waals surface area contributed by atoms with E-state index in [0.29, 0.717) is 49.2 Å². The number of methoxy groups -OCH3 is 2. The molecule has 4 rings (SSSR count). The van der Waals surface area contributed by atoms with Crippen molar-refractivity contribution in [1.29, 1.82) is 0 Å². The van der Waals surface area contributed by atoms with Gasteiger partial charge in [0, 0.05) is 31.7 Å². The molecule has 1 N–H and O–H groups in total. The summed E-state index contributed by atoms with van der Waals surface area (Å²) in [5.41, 5.74) is 0.380. The van der Waals surface area contributed by atoms with Crippen LogP contribution < -0.4 is 19.7 Å². The van der Waals surface area contributed by atoms with Gasteiger partial charge in [0.1, 0.15) is 11.5 Å². The quantitative estimate of drug-likeness (QED) is 0.498. The average Bonchev–Trinajstić information content (AvgIpc) is 2.89. The minimum atomic E-state index is -4.54. The van der Waals surface area contributed by atoms with Crippen LogP contribution in [0.3, 0.4) is 0 Å². The normalized spacial score (nSPS) is 13.9. The molecule has 1 aliphatic rings. The van der Waals surface area contributed by atoms with Gasteiger partial charge in [-0.2, -0.15) is 13.2 Å². The van der Waals surface area contributed by atoms with Crippen molar-refractivity contribution in [2.75, 3.05) is 50.6 Å². The van der Waals surface area contributed by atoms with Crippen molar-refractivity contribution in [3.8, 4) is 22.8 Å². The Labute approximate surface area is 210 Å². The van der Waals surface area contributed by atoms with Crippen LogP contribution in [0.5, 0.6) is 11.5 Å². The van der Waals surface area contributed by atoms with Crippen LogP contribution in [0.2, 0.25) is 5.02 Å². The number of amides is 2. The van der Waals surface area contributed by atoms with Gasteiger partial charge in [-0.1, -0.05) is 11.6 Å².